The van der Waals surface area contributed by atoms with Crippen molar-refractivity contribution in [2.45, 2.75) is 32.3 Å². The van der Waals surface area contributed by atoms with Crippen LogP contribution in [-0.2, 0) is 14.4 Å². The molecule has 0 aromatic heterocycles. The van der Waals surface area contributed by atoms with E-state index in [1.54, 1.807) is 13.0 Å². The zero-order valence-corrected chi connectivity index (χ0v) is 15.6. The van der Waals surface area contributed by atoms with Crippen LogP contribution in [0.25, 0.3) is 0 Å². The lowest BCUT2D eigenvalue weighted by molar-refractivity contribution is -0.148. The molecule has 1 aliphatic rings. The van der Waals surface area contributed by atoms with E-state index in [1.807, 2.05) is 0 Å². The molecule has 1 saturated heterocycles. The Bertz CT molecular complexity index is 696. The molecule has 1 aliphatic heterocycles. The van der Waals surface area contributed by atoms with E-state index >= 15 is 0 Å². The third-order valence-corrected chi connectivity index (χ3v) is 4.62. The van der Waals surface area contributed by atoms with Gasteiger partial charge >= 0.3 is 5.97 Å². The van der Waals surface area contributed by atoms with Crippen LogP contribution in [0.5, 0.6) is 5.75 Å². The van der Waals surface area contributed by atoms with Crippen LogP contribution in [0.1, 0.15) is 26.2 Å². The first-order valence-corrected chi connectivity index (χ1v) is 9.00. The SMILES string of the molecule is CCC(Oc1ccccc1F)C(=O)N(C)CC(=O)N1CCCC(C(=O)O)C1. The smallest absolute Gasteiger partial charge is 0.308 e. The minimum absolute atomic E-state index is 0.0160. The molecule has 1 aromatic rings. The van der Waals surface area contributed by atoms with E-state index in [0.717, 1.165) is 0 Å². The number of rotatable bonds is 7. The maximum Gasteiger partial charge on any atom is 0.308 e. The van der Waals surface area contributed by atoms with Crippen molar-refractivity contribution in [2.24, 2.45) is 5.92 Å². The number of carbonyl (C=O) groups is 3. The van der Waals surface area contributed by atoms with Crippen molar-refractivity contribution in [2.75, 3.05) is 26.7 Å². The molecular formula is C19H25FN2O5. The number of hydrogen-bond acceptors (Lipinski definition) is 4. The fourth-order valence-electron chi connectivity index (χ4n) is 3.03. The Morgan fingerprint density at radius 3 is 2.70 bits per heavy atom. The van der Waals surface area contributed by atoms with E-state index in [4.69, 9.17) is 9.84 Å². The second-order valence-corrected chi connectivity index (χ2v) is 6.66. The zero-order chi connectivity index (χ0) is 20.0. The Kier molecular flexibility index (Phi) is 7.15. The molecule has 0 bridgehead atoms. The second kappa shape index (κ2) is 9.34. The Balaban J connectivity index is 1.95. The van der Waals surface area contributed by atoms with E-state index in [-0.39, 0.29) is 24.7 Å². The van der Waals surface area contributed by atoms with Crippen LogP contribution < -0.4 is 4.74 Å². The molecular weight excluding hydrogens is 355 g/mol. The highest BCUT2D eigenvalue weighted by Gasteiger charge is 2.30. The number of aliphatic carboxylic acids is 1. The average Bonchev–Trinajstić information content (AvgIpc) is 2.66. The predicted octanol–water partition coefficient (Wildman–Crippen LogP) is 1.76. The number of ether oxygens (including phenoxy) is 1. The number of halogens is 1. The molecule has 27 heavy (non-hydrogen) atoms. The van der Waals surface area contributed by atoms with Crippen LogP contribution in [0.3, 0.4) is 0 Å². The largest absolute Gasteiger partial charge is 0.481 e. The van der Waals surface area contributed by atoms with Gasteiger partial charge in [-0.2, -0.15) is 0 Å². The lowest BCUT2D eigenvalue weighted by Crippen LogP contribution is -2.49. The highest BCUT2D eigenvalue weighted by atomic mass is 19.1. The van der Waals surface area contributed by atoms with Gasteiger partial charge in [-0.3, -0.25) is 14.4 Å². The monoisotopic (exact) mass is 380 g/mol. The summed E-state index contributed by atoms with van der Waals surface area (Å²) in [5.41, 5.74) is 0. The summed E-state index contributed by atoms with van der Waals surface area (Å²) in [4.78, 5) is 38.9. The standard InChI is InChI=1S/C19H25FN2O5/c1-3-15(27-16-9-5-4-8-14(16)20)18(24)21(2)12-17(23)22-10-6-7-13(11-22)19(25)26/h4-5,8-9,13,15H,3,6-7,10-12H2,1-2H3,(H,25,26). The number of hydrogen-bond donors (Lipinski definition) is 1. The lowest BCUT2D eigenvalue weighted by atomic mass is 9.98. The van der Waals surface area contributed by atoms with E-state index in [2.05, 4.69) is 0 Å². The highest BCUT2D eigenvalue weighted by Crippen LogP contribution is 2.19. The van der Waals surface area contributed by atoms with Crippen LogP contribution in [0.2, 0.25) is 0 Å². The summed E-state index contributed by atoms with van der Waals surface area (Å²) in [6, 6.07) is 5.82. The second-order valence-electron chi connectivity index (χ2n) is 6.66. The van der Waals surface area contributed by atoms with E-state index < -0.39 is 29.7 Å². The number of carboxylic acids is 1. The van der Waals surface area contributed by atoms with Gasteiger partial charge in [-0.1, -0.05) is 19.1 Å². The number of carbonyl (C=O) groups excluding carboxylic acids is 2. The van der Waals surface area contributed by atoms with Crippen molar-refractivity contribution in [1.82, 2.24) is 9.80 Å². The van der Waals surface area contributed by atoms with Crippen LogP contribution in [0, 0.1) is 11.7 Å². The van der Waals surface area contributed by atoms with E-state index in [9.17, 15) is 18.8 Å². The van der Waals surface area contributed by atoms with Crippen molar-refractivity contribution < 1.29 is 28.6 Å². The van der Waals surface area contributed by atoms with Gasteiger partial charge in [0.05, 0.1) is 12.5 Å². The van der Waals surface area contributed by atoms with Gasteiger partial charge in [-0.25, -0.2) is 4.39 Å². The maximum atomic E-state index is 13.7. The summed E-state index contributed by atoms with van der Waals surface area (Å²) in [6.45, 7) is 2.19. The molecule has 0 aliphatic carbocycles. The molecule has 1 N–H and O–H groups in total. The normalized spacial score (nSPS) is 17.9. The van der Waals surface area contributed by atoms with Crippen LogP contribution in [0.4, 0.5) is 4.39 Å². The van der Waals surface area contributed by atoms with Gasteiger partial charge in [0.25, 0.3) is 5.91 Å². The number of piperidine rings is 1. The Morgan fingerprint density at radius 2 is 2.07 bits per heavy atom. The van der Waals surface area contributed by atoms with Gasteiger partial charge in [-0.05, 0) is 31.4 Å². The van der Waals surface area contributed by atoms with Crippen LogP contribution in [0.15, 0.2) is 24.3 Å². The first kappa shape index (κ1) is 20.7. The van der Waals surface area contributed by atoms with Crippen molar-refractivity contribution >= 4 is 17.8 Å². The van der Waals surface area contributed by atoms with Crippen LogP contribution >= 0.6 is 0 Å². The molecule has 1 fully saturated rings. The fraction of sp³-hybridized carbons (Fsp3) is 0.526. The number of para-hydroxylation sites is 1. The van der Waals surface area contributed by atoms with Crippen LogP contribution in [-0.4, -0.2) is 65.5 Å². The topological polar surface area (TPSA) is 87.2 Å². The molecule has 2 amide bonds. The number of nitrogens with zero attached hydrogens (tertiary/aromatic N) is 2. The molecule has 2 rings (SSSR count). The molecule has 0 radical (unpaired) electrons. The maximum absolute atomic E-state index is 13.7. The number of likely N-dealkylation sites (tertiary alicyclic amines) is 1. The number of amides is 2. The van der Waals surface area contributed by atoms with Gasteiger partial charge in [0.2, 0.25) is 5.91 Å². The van der Waals surface area contributed by atoms with Crippen molar-refractivity contribution in [1.29, 1.82) is 0 Å². The van der Waals surface area contributed by atoms with E-state index in [0.29, 0.717) is 25.8 Å². The molecule has 7 nitrogen and oxygen atoms in total. The van der Waals surface area contributed by atoms with Crippen molar-refractivity contribution in [3.8, 4) is 5.75 Å². The number of benzene rings is 1. The van der Waals surface area contributed by atoms with E-state index in [1.165, 1.54) is 35.0 Å². The average molecular weight is 380 g/mol. The minimum atomic E-state index is -0.915. The molecule has 0 saturated carbocycles. The van der Waals surface area contributed by atoms with Gasteiger partial charge in [0.15, 0.2) is 17.7 Å². The summed E-state index contributed by atoms with van der Waals surface area (Å²) < 4.78 is 19.2. The molecule has 8 heteroatoms. The van der Waals surface area contributed by atoms with Gasteiger partial charge in [0, 0.05) is 20.1 Å². The zero-order valence-electron chi connectivity index (χ0n) is 15.6. The van der Waals surface area contributed by atoms with Gasteiger partial charge in [-0.15, -0.1) is 0 Å². The lowest BCUT2D eigenvalue weighted by Gasteiger charge is -2.32. The molecule has 148 valence electrons. The predicted molar refractivity (Wildman–Crippen MR) is 95.7 cm³/mol. The Morgan fingerprint density at radius 1 is 1.37 bits per heavy atom. The van der Waals surface area contributed by atoms with Crippen molar-refractivity contribution in [3.05, 3.63) is 30.1 Å². The highest BCUT2D eigenvalue weighted by molar-refractivity contribution is 5.87. The van der Waals surface area contributed by atoms with Gasteiger partial charge < -0.3 is 19.6 Å². The minimum Gasteiger partial charge on any atom is -0.481 e. The summed E-state index contributed by atoms with van der Waals surface area (Å²) >= 11 is 0. The molecule has 1 heterocycles. The molecule has 0 spiro atoms. The number of likely N-dealkylation sites (N-methyl/N-ethyl adjacent to an activating group) is 1. The number of carboxylic acid groups (broad SMARTS) is 1. The molecule has 1 aromatic carbocycles. The molecule has 2 unspecified atom stereocenters. The third-order valence-electron chi connectivity index (χ3n) is 4.62. The first-order valence-electron chi connectivity index (χ1n) is 9.00. The third kappa shape index (κ3) is 5.42. The summed E-state index contributed by atoms with van der Waals surface area (Å²) in [7, 11) is 1.48. The Hall–Kier alpha value is -2.64. The quantitative estimate of drug-likeness (QED) is 0.779. The molecule has 2 atom stereocenters. The Labute approximate surface area is 157 Å². The summed E-state index contributed by atoms with van der Waals surface area (Å²) in [6.07, 6.45) is 0.570. The van der Waals surface area contributed by atoms with Gasteiger partial charge in [0.1, 0.15) is 0 Å². The first-order chi connectivity index (χ1) is 12.8. The van der Waals surface area contributed by atoms with Crippen molar-refractivity contribution in [3.63, 3.8) is 0 Å². The summed E-state index contributed by atoms with van der Waals surface area (Å²) in [5, 5.41) is 9.13. The fourth-order valence-corrected chi connectivity index (χ4v) is 3.03. The summed E-state index contributed by atoms with van der Waals surface area (Å²) in [5.74, 6) is -2.80.